The molecule has 1 N–H and O–H groups in total. The maximum Gasteiger partial charge on any atom is 0.0186 e. The molecule has 0 aromatic heterocycles. The van der Waals surface area contributed by atoms with Gasteiger partial charge in [-0.15, -0.1) is 0 Å². The minimum atomic E-state index is 0.651. The van der Waals surface area contributed by atoms with E-state index in [2.05, 4.69) is 49.9 Å². The SMILES string of the molecule is CC(CCN(C)C)NC1CCCSC1C. The standard InChI is InChI=1S/C12H26N2S/c1-10(7-8-14(3)4)13-12-6-5-9-15-11(12)2/h10-13H,5-9H2,1-4H3. The second-order valence-electron chi connectivity index (χ2n) is 4.98. The fourth-order valence-corrected chi connectivity index (χ4v) is 3.19. The van der Waals surface area contributed by atoms with Crippen LogP contribution in [0.15, 0.2) is 0 Å². The number of rotatable bonds is 5. The Kier molecular flexibility index (Phi) is 6.02. The zero-order valence-corrected chi connectivity index (χ0v) is 11.4. The van der Waals surface area contributed by atoms with Gasteiger partial charge in [-0.1, -0.05) is 6.92 Å². The van der Waals surface area contributed by atoms with Crippen molar-refractivity contribution in [2.75, 3.05) is 26.4 Å². The third-order valence-electron chi connectivity index (χ3n) is 3.11. The Balaban J connectivity index is 2.20. The third kappa shape index (κ3) is 5.23. The average Bonchev–Trinajstić information content (AvgIpc) is 2.18. The number of hydrogen-bond acceptors (Lipinski definition) is 3. The summed E-state index contributed by atoms with van der Waals surface area (Å²) in [5, 5.41) is 4.57. The Morgan fingerprint density at radius 3 is 2.80 bits per heavy atom. The Morgan fingerprint density at radius 2 is 2.20 bits per heavy atom. The molecule has 0 radical (unpaired) electrons. The highest BCUT2D eigenvalue weighted by atomic mass is 32.2. The van der Waals surface area contributed by atoms with Gasteiger partial charge < -0.3 is 10.2 Å². The molecule has 0 spiro atoms. The first-order chi connectivity index (χ1) is 7.09. The van der Waals surface area contributed by atoms with Gasteiger partial charge in [0.1, 0.15) is 0 Å². The van der Waals surface area contributed by atoms with Gasteiger partial charge in [0.05, 0.1) is 0 Å². The maximum absolute atomic E-state index is 3.78. The van der Waals surface area contributed by atoms with Gasteiger partial charge in [0, 0.05) is 17.3 Å². The van der Waals surface area contributed by atoms with Crippen LogP contribution in [0.5, 0.6) is 0 Å². The normalized spacial score (nSPS) is 29.4. The first kappa shape index (κ1) is 13.3. The van der Waals surface area contributed by atoms with E-state index < -0.39 is 0 Å². The van der Waals surface area contributed by atoms with E-state index in [1.807, 2.05) is 0 Å². The van der Waals surface area contributed by atoms with Crippen LogP contribution in [0.25, 0.3) is 0 Å². The van der Waals surface area contributed by atoms with E-state index in [0.717, 1.165) is 11.3 Å². The van der Waals surface area contributed by atoms with Crippen LogP contribution >= 0.6 is 11.8 Å². The lowest BCUT2D eigenvalue weighted by Gasteiger charge is -2.32. The van der Waals surface area contributed by atoms with Crippen LogP contribution in [0.1, 0.15) is 33.1 Å². The molecular weight excluding hydrogens is 204 g/mol. The zero-order chi connectivity index (χ0) is 11.3. The second-order valence-corrected chi connectivity index (χ2v) is 6.47. The maximum atomic E-state index is 3.78. The van der Waals surface area contributed by atoms with Gasteiger partial charge in [-0.05, 0) is 52.6 Å². The molecule has 15 heavy (non-hydrogen) atoms. The molecule has 1 aliphatic heterocycles. The summed E-state index contributed by atoms with van der Waals surface area (Å²) in [5.41, 5.74) is 0. The van der Waals surface area contributed by atoms with Crippen molar-refractivity contribution < 1.29 is 0 Å². The highest BCUT2D eigenvalue weighted by Gasteiger charge is 2.22. The fourth-order valence-electron chi connectivity index (χ4n) is 2.04. The van der Waals surface area contributed by atoms with Crippen LogP contribution in [0.4, 0.5) is 0 Å². The van der Waals surface area contributed by atoms with Crippen LogP contribution in [0.2, 0.25) is 0 Å². The topological polar surface area (TPSA) is 15.3 Å². The van der Waals surface area contributed by atoms with E-state index >= 15 is 0 Å². The first-order valence-corrected chi connectivity index (χ1v) is 7.17. The van der Waals surface area contributed by atoms with Gasteiger partial charge in [-0.25, -0.2) is 0 Å². The molecule has 0 bridgehead atoms. The minimum absolute atomic E-state index is 0.651. The van der Waals surface area contributed by atoms with E-state index in [-0.39, 0.29) is 0 Å². The van der Waals surface area contributed by atoms with Crippen molar-refractivity contribution in [3.05, 3.63) is 0 Å². The molecule has 0 saturated carbocycles. The van der Waals surface area contributed by atoms with Crippen molar-refractivity contribution >= 4 is 11.8 Å². The van der Waals surface area contributed by atoms with Crippen LogP contribution < -0.4 is 5.32 Å². The minimum Gasteiger partial charge on any atom is -0.310 e. The number of nitrogens with one attached hydrogen (secondary N) is 1. The summed E-state index contributed by atoms with van der Waals surface area (Å²) in [6.07, 6.45) is 3.99. The van der Waals surface area contributed by atoms with Crippen LogP contribution in [-0.2, 0) is 0 Å². The molecule has 1 rings (SSSR count). The number of hydrogen-bond donors (Lipinski definition) is 1. The fraction of sp³-hybridized carbons (Fsp3) is 1.00. The molecule has 0 amide bonds. The zero-order valence-electron chi connectivity index (χ0n) is 10.6. The van der Waals surface area contributed by atoms with Gasteiger partial charge in [0.15, 0.2) is 0 Å². The molecule has 1 fully saturated rings. The second kappa shape index (κ2) is 6.77. The molecular formula is C12H26N2S. The summed E-state index contributed by atoms with van der Waals surface area (Å²) in [6, 6.07) is 1.39. The van der Waals surface area contributed by atoms with Gasteiger partial charge in [-0.3, -0.25) is 0 Å². The first-order valence-electron chi connectivity index (χ1n) is 6.12. The van der Waals surface area contributed by atoms with E-state index in [4.69, 9.17) is 0 Å². The van der Waals surface area contributed by atoms with E-state index in [1.54, 1.807) is 0 Å². The Bertz CT molecular complexity index is 173. The molecule has 1 heterocycles. The van der Waals surface area contributed by atoms with Gasteiger partial charge in [-0.2, -0.15) is 11.8 Å². The molecule has 1 saturated heterocycles. The van der Waals surface area contributed by atoms with Crippen molar-refractivity contribution in [2.24, 2.45) is 0 Å². The lowest BCUT2D eigenvalue weighted by Crippen LogP contribution is -2.44. The molecule has 90 valence electrons. The molecule has 0 aliphatic carbocycles. The summed E-state index contributed by atoms with van der Waals surface area (Å²) in [6.45, 7) is 5.86. The molecule has 0 aromatic rings. The largest absolute Gasteiger partial charge is 0.310 e. The lowest BCUT2D eigenvalue weighted by molar-refractivity contribution is 0.339. The lowest BCUT2D eigenvalue weighted by atomic mass is 10.1. The summed E-state index contributed by atoms with van der Waals surface area (Å²) in [4.78, 5) is 2.26. The third-order valence-corrected chi connectivity index (χ3v) is 4.49. The molecule has 3 atom stereocenters. The summed E-state index contributed by atoms with van der Waals surface area (Å²) in [7, 11) is 4.29. The van der Waals surface area contributed by atoms with Crippen molar-refractivity contribution in [1.29, 1.82) is 0 Å². The van der Waals surface area contributed by atoms with E-state index in [1.165, 1.54) is 31.6 Å². The molecule has 3 unspecified atom stereocenters. The highest BCUT2D eigenvalue weighted by Crippen LogP contribution is 2.25. The van der Waals surface area contributed by atoms with Crippen molar-refractivity contribution in [3.8, 4) is 0 Å². The number of nitrogens with zero attached hydrogens (tertiary/aromatic N) is 1. The molecule has 2 nitrogen and oxygen atoms in total. The average molecular weight is 230 g/mol. The Labute approximate surface area is 99.2 Å². The smallest absolute Gasteiger partial charge is 0.0186 e. The molecule has 0 aromatic carbocycles. The van der Waals surface area contributed by atoms with E-state index in [9.17, 15) is 0 Å². The Morgan fingerprint density at radius 1 is 1.47 bits per heavy atom. The van der Waals surface area contributed by atoms with E-state index in [0.29, 0.717) is 6.04 Å². The number of thioether (sulfide) groups is 1. The summed E-state index contributed by atoms with van der Waals surface area (Å²) >= 11 is 2.12. The van der Waals surface area contributed by atoms with Crippen LogP contribution in [0.3, 0.4) is 0 Å². The summed E-state index contributed by atoms with van der Waals surface area (Å²) < 4.78 is 0. The van der Waals surface area contributed by atoms with Crippen LogP contribution in [-0.4, -0.2) is 48.6 Å². The van der Waals surface area contributed by atoms with Crippen LogP contribution in [0, 0.1) is 0 Å². The van der Waals surface area contributed by atoms with Crippen molar-refractivity contribution in [2.45, 2.75) is 50.4 Å². The molecule has 3 heteroatoms. The predicted octanol–water partition coefficient (Wildman–Crippen LogP) is 2.20. The summed E-state index contributed by atoms with van der Waals surface area (Å²) in [5.74, 6) is 1.35. The predicted molar refractivity (Wildman–Crippen MR) is 70.7 cm³/mol. The molecule has 1 aliphatic rings. The van der Waals surface area contributed by atoms with Gasteiger partial charge >= 0.3 is 0 Å². The monoisotopic (exact) mass is 230 g/mol. The quantitative estimate of drug-likeness (QED) is 0.779. The van der Waals surface area contributed by atoms with Gasteiger partial charge in [0.2, 0.25) is 0 Å². The highest BCUT2D eigenvalue weighted by molar-refractivity contribution is 7.99. The van der Waals surface area contributed by atoms with Gasteiger partial charge in [0.25, 0.3) is 0 Å². The Hall–Kier alpha value is 0.270. The van der Waals surface area contributed by atoms with Crippen molar-refractivity contribution in [3.63, 3.8) is 0 Å². The van der Waals surface area contributed by atoms with Crippen molar-refractivity contribution in [1.82, 2.24) is 10.2 Å².